The summed E-state index contributed by atoms with van der Waals surface area (Å²) in [5.74, 6) is -0.0107. The van der Waals surface area contributed by atoms with E-state index in [0.717, 1.165) is 48.0 Å². The van der Waals surface area contributed by atoms with Gasteiger partial charge in [-0.3, -0.25) is 10.0 Å². The molecule has 2 N–H and O–H groups in total. The van der Waals surface area contributed by atoms with Gasteiger partial charge in [0.1, 0.15) is 0 Å². The predicted octanol–water partition coefficient (Wildman–Crippen LogP) is 2.18. The molecule has 1 amide bonds. The Morgan fingerprint density at radius 1 is 1.21 bits per heavy atom. The Morgan fingerprint density at radius 2 is 2.00 bits per heavy atom. The van der Waals surface area contributed by atoms with Crippen LogP contribution < -0.4 is 5.48 Å². The number of carbonyl (C=O) groups is 1. The van der Waals surface area contributed by atoms with Crippen LogP contribution in [0, 0.1) is 0 Å². The summed E-state index contributed by atoms with van der Waals surface area (Å²) >= 11 is 0. The Kier molecular flexibility index (Phi) is 4.91. The number of sulfone groups is 1. The molecule has 0 bridgehead atoms. The molecule has 0 spiro atoms. The van der Waals surface area contributed by atoms with E-state index >= 15 is 0 Å². The Bertz CT molecular complexity index is 855. The third kappa shape index (κ3) is 3.47. The SMILES string of the molecule is O=C(CCCCCn1c2c(c3ccccc31)CS(=O)(=O)CC2)NO. The van der Waals surface area contributed by atoms with E-state index in [1.807, 2.05) is 24.3 Å². The van der Waals surface area contributed by atoms with Gasteiger partial charge in [-0.25, -0.2) is 13.9 Å². The van der Waals surface area contributed by atoms with Crippen LogP contribution in [-0.2, 0) is 33.4 Å². The lowest BCUT2D eigenvalue weighted by atomic mass is 10.1. The molecule has 3 rings (SSSR count). The summed E-state index contributed by atoms with van der Waals surface area (Å²) in [6, 6.07) is 7.96. The number of carbonyl (C=O) groups excluding carboxylic acids is 1. The van der Waals surface area contributed by atoms with Crippen molar-refractivity contribution >= 4 is 26.6 Å². The van der Waals surface area contributed by atoms with Crippen molar-refractivity contribution in [3.8, 4) is 0 Å². The summed E-state index contributed by atoms with van der Waals surface area (Å²) in [6.45, 7) is 0.816. The maximum atomic E-state index is 12.0. The number of unbranched alkanes of at least 4 members (excludes halogenated alkanes) is 2. The van der Waals surface area contributed by atoms with Crippen molar-refractivity contribution in [1.82, 2.24) is 10.0 Å². The molecule has 0 aliphatic carbocycles. The molecular weight excluding hydrogens is 328 g/mol. The van der Waals surface area contributed by atoms with Crippen molar-refractivity contribution in [2.75, 3.05) is 5.75 Å². The number of nitrogens with zero attached hydrogens (tertiary/aromatic N) is 1. The molecule has 2 aromatic rings. The minimum Gasteiger partial charge on any atom is -0.344 e. The molecule has 24 heavy (non-hydrogen) atoms. The van der Waals surface area contributed by atoms with Crippen LogP contribution in [0.15, 0.2) is 24.3 Å². The van der Waals surface area contributed by atoms with E-state index in [1.54, 1.807) is 5.48 Å². The number of fused-ring (bicyclic) bond motifs is 3. The van der Waals surface area contributed by atoms with Gasteiger partial charge < -0.3 is 4.57 Å². The van der Waals surface area contributed by atoms with Gasteiger partial charge in [0.25, 0.3) is 0 Å². The second-order valence-corrected chi connectivity index (χ2v) is 8.47. The van der Waals surface area contributed by atoms with Crippen LogP contribution in [0.4, 0.5) is 0 Å². The number of para-hydroxylation sites is 1. The van der Waals surface area contributed by atoms with E-state index in [2.05, 4.69) is 4.57 Å². The van der Waals surface area contributed by atoms with E-state index in [9.17, 15) is 13.2 Å². The van der Waals surface area contributed by atoms with Crippen LogP contribution in [-0.4, -0.2) is 29.9 Å². The first kappa shape index (κ1) is 17.0. The van der Waals surface area contributed by atoms with Gasteiger partial charge in [0, 0.05) is 36.0 Å². The Balaban J connectivity index is 1.77. The third-order valence-corrected chi connectivity index (χ3v) is 6.17. The van der Waals surface area contributed by atoms with Crippen molar-refractivity contribution in [3.63, 3.8) is 0 Å². The molecule has 1 aliphatic rings. The van der Waals surface area contributed by atoms with Crippen LogP contribution in [0.3, 0.4) is 0 Å². The Morgan fingerprint density at radius 3 is 2.79 bits per heavy atom. The molecule has 1 aliphatic heterocycles. The third-order valence-electron chi connectivity index (χ3n) is 4.62. The number of hydroxylamine groups is 1. The fourth-order valence-corrected chi connectivity index (χ4v) is 4.87. The highest BCUT2D eigenvalue weighted by Crippen LogP contribution is 2.32. The molecule has 6 nitrogen and oxygen atoms in total. The van der Waals surface area contributed by atoms with Crippen LogP contribution in [0.5, 0.6) is 0 Å². The summed E-state index contributed by atoms with van der Waals surface area (Å²) in [5.41, 5.74) is 4.82. The number of aromatic nitrogens is 1. The van der Waals surface area contributed by atoms with Gasteiger partial charge in [0.15, 0.2) is 9.84 Å². The zero-order valence-corrected chi connectivity index (χ0v) is 14.3. The smallest absolute Gasteiger partial charge is 0.243 e. The van der Waals surface area contributed by atoms with Gasteiger partial charge in [0.2, 0.25) is 5.91 Å². The van der Waals surface area contributed by atoms with Gasteiger partial charge in [-0.2, -0.15) is 0 Å². The zero-order chi connectivity index (χ0) is 17.2. The Labute approximate surface area is 141 Å². The molecule has 0 fully saturated rings. The number of aryl methyl sites for hydroxylation is 1. The molecule has 1 aromatic carbocycles. The number of hydrogen-bond acceptors (Lipinski definition) is 4. The molecule has 0 atom stereocenters. The molecule has 0 radical (unpaired) electrons. The van der Waals surface area contributed by atoms with Crippen molar-refractivity contribution in [2.24, 2.45) is 0 Å². The summed E-state index contributed by atoms with van der Waals surface area (Å²) in [5, 5.41) is 9.52. The summed E-state index contributed by atoms with van der Waals surface area (Å²) in [6.07, 6.45) is 3.41. The summed E-state index contributed by atoms with van der Waals surface area (Å²) in [4.78, 5) is 11.0. The van der Waals surface area contributed by atoms with E-state index in [4.69, 9.17) is 5.21 Å². The second kappa shape index (κ2) is 6.94. The minimum atomic E-state index is -3.00. The monoisotopic (exact) mass is 350 g/mol. The van der Waals surface area contributed by atoms with Crippen molar-refractivity contribution in [2.45, 2.75) is 44.4 Å². The summed E-state index contributed by atoms with van der Waals surface area (Å²) < 4.78 is 26.2. The lowest BCUT2D eigenvalue weighted by Gasteiger charge is -2.16. The van der Waals surface area contributed by atoms with Gasteiger partial charge >= 0.3 is 0 Å². The number of rotatable bonds is 6. The second-order valence-electron chi connectivity index (χ2n) is 6.28. The molecule has 0 saturated heterocycles. The molecule has 130 valence electrons. The molecule has 0 saturated carbocycles. The lowest BCUT2D eigenvalue weighted by molar-refractivity contribution is -0.129. The highest BCUT2D eigenvalue weighted by molar-refractivity contribution is 7.90. The van der Waals surface area contributed by atoms with Crippen molar-refractivity contribution < 1.29 is 18.4 Å². The minimum absolute atomic E-state index is 0.131. The van der Waals surface area contributed by atoms with Crippen molar-refractivity contribution in [1.29, 1.82) is 0 Å². The molecule has 2 heterocycles. The first-order valence-corrected chi connectivity index (χ1v) is 10.1. The maximum absolute atomic E-state index is 12.0. The number of nitrogens with one attached hydrogen (secondary N) is 1. The average molecular weight is 350 g/mol. The molecule has 0 unspecified atom stereocenters. The van der Waals surface area contributed by atoms with E-state index < -0.39 is 9.84 Å². The first-order valence-electron chi connectivity index (χ1n) is 8.24. The predicted molar refractivity (Wildman–Crippen MR) is 91.5 cm³/mol. The normalized spacial score (nSPS) is 16.0. The molecule has 1 aromatic heterocycles. The fraction of sp³-hybridized carbons (Fsp3) is 0.471. The molecule has 7 heteroatoms. The summed E-state index contributed by atoms with van der Waals surface area (Å²) in [7, 11) is -3.00. The van der Waals surface area contributed by atoms with Crippen LogP contribution in [0.25, 0.3) is 10.9 Å². The number of amides is 1. The number of benzene rings is 1. The topological polar surface area (TPSA) is 88.4 Å². The fourth-order valence-electron chi connectivity index (χ4n) is 3.46. The largest absolute Gasteiger partial charge is 0.344 e. The van der Waals surface area contributed by atoms with Gasteiger partial charge in [0.05, 0.1) is 11.5 Å². The average Bonchev–Trinajstić information content (AvgIpc) is 2.87. The van der Waals surface area contributed by atoms with E-state index in [1.165, 1.54) is 0 Å². The van der Waals surface area contributed by atoms with Crippen LogP contribution >= 0.6 is 0 Å². The quantitative estimate of drug-likeness (QED) is 0.475. The van der Waals surface area contributed by atoms with Crippen LogP contribution in [0.1, 0.15) is 36.9 Å². The van der Waals surface area contributed by atoms with Crippen LogP contribution in [0.2, 0.25) is 0 Å². The number of hydrogen-bond donors (Lipinski definition) is 2. The lowest BCUT2D eigenvalue weighted by Crippen LogP contribution is -2.20. The highest BCUT2D eigenvalue weighted by atomic mass is 32.2. The standard InChI is InChI=1S/C17H22N2O4S/c20-17(18-21)8-2-1-5-10-19-15-7-4-3-6-13(15)14-12-24(22,23)11-9-16(14)19/h3-4,6-7,21H,1-2,5,8-12H2,(H,18,20). The van der Waals surface area contributed by atoms with Gasteiger partial charge in [-0.05, 0) is 24.5 Å². The van der Waals surface area contributed by atoms with Gasteiger partial charge in [-0.15, -0.1) is 0 Å². The molecular formula is C17H22N2O4S. The highest BCUT2D eigenvalue weighted by Gasteiger charge is 2.27. The first-order chi connectivity index (χ1) is 11.5. The maximum Gasteiger partial charge on any atom is 0.243 e. The van der Waals surface area contributed by atoms with E-state index in [-0.39, 0.29) is 17.4 Å². The van der Waals surface area contributed by atoms with Gasteiger partial charge in [-0.1, -0.05) is 24.6 Å². The zero-order valence-electron chi connectivity index (χ0n) is 13.5. The Hall–Kier alpha value is -1.86. The van der Waals surface area contributed by atoms with E-state index in [0.29, 0.717) is 12.8 Å². The van der Waals surface area contributed by atoms with Crippen molar-refractivity contribution in [3.05, 3.63) is 35.5 Å².